The number of carbonyl (C=O) groups excluding carboxylic acids is 1. The van der Waals surface area contributed by atoms with Gasteiger partial charge >= 0.3 is 24.2 Å². The van der Waals surface area contributed by atoms with Crippen molar-refractivity contribution in [1.29, 1.82) is 0 Å². The molecule has 0 bridgehead atoms. The zero-order valence-corrected chi connectivity index (χ0v) is 13.8. The third-order valence-electron chi connectivity index (χ3n) is 3.16. The van der Waals surface area contributed by atoms with Crippen molar-refractivity contribution in [3.8, 4) is 11.5 Å². The minimum absolute atomic E-state index is 0.157. The Bertz CT molecular complexity index is 923. The van der Waals surface area contributed by atoms with Gasteiger partial charge in [-0.05, 0) is 48.0 Å². The lowest BCUT2D eigenvalue weighted by Crippen LogP contribution is -1.95. The van der Waals surface area contributed by atoms with E-state index in [1.807, 2.05) is 0 Å². The van der Waals surface area contributed by atoms with E-state index in [2.05, 4.69) is 9.47 Å². The molecule has 0 spiro atoms. The second kappa shape index (κ2) is 9.45. The Morgan fingerprint density at radius 1 is 0.679 bits per heavy atom. The number of halogens is 6. The summed E-state index contributed by atoms with van der Waals surface area (Å²) < 4.78 is 81.7. The minimum atomic E-state index is -2.60. The van der Waals surface area contributed by atoms with Gasteiger partial charge in [0, 0.05) is 5.56 Å². The number of carbonyl (C=O) groups is 1. The zero-order valence-electron chi connectivity index (χ0n) is 13.8. The van der Waals surface area contributed by atoms with E-state index in [1.54, 1.807) is 0 Å². The maximum Gasteiger partial charge on any atom is 0.344 e. The van der Waals surface area contributed by atoms with E-state index in [-0.39, 0.29) is 17.1 Å². The summed E-state index contributed by atoms with van der Waals surface area (Å²) in [5.74, 6) is -0.823. The molecule has 9 heteroatoms. The van der Waals surface area contributed by atoms with Crippen molar-refractivity contribution < 1.29 is 40.6 Å². The molecule has 2 rings (SSSR count). The van der Waals surface area contributed by atoms with E-state index in [0.717, 1.165) is 12.1 Å². The van der Waals surface area contributed by atoms with Gasteiger partial charge in [-0.25, -0.2) is 0 Å². The number of hydrogen-bond donors (Lipinski definition) is 0. The van der Waals surface area contributed by atoms with E-state index in [9.17, 15) is 31.1 Å². The molecule has 0 radical (unpaired) electrons. The fraction of sp³-hybridized carbons (Fsp3) is 0. The van der Waals surface area contributed by atoms with Crippen molar-refractivity contribution in [2.45, 2.75) is 0 Å². The van der Waals surface area contributed by atoms with Crippen LogP contribution in [0.2, 0.25) is 0 Å². The molecule has 0 saturated heterocycles. The first-order valence-corrected chi connectivity index (χ1v) is 7.46. The quantitative estimate of drug-likeness (QED) is 0.233. The van der Waals surface area contributed by atoms with Gasteiger partial charge in [0.1, 0.15) is 11.5 Å². The fourth-order valence-corrected chi connectivity index (χ4v) is 1.89. The van der Waals surface area contributed by atoms with Crippen molar-refractivity contribution in [3.05, 3.63) is 89.9 Å². The molecule has 0 amide bonds. The molecule has 28 heavy (non-hydrogen) atoms. The molecule has 146 valence electrons. The first-order chi connectivity index (χ1) is 13.3. The van der Waals surface area contributed by atoms with Gasteiger partial charge in [0.05, 0.1) is 0 Å². The molecular formula is C19H10F6O3. The summed E-state index contributed by atoms with van der Waals surface area (Å²) in [4.78, 5) is 12.1. The van der Waals surface area contributed by atoms with Gasteiger partial charge in [-0.15, -0.1) is 0 Å². The van der Waals surface area contributed by atoms with Crippen molar-refractivity contribution in [2.24, 2.45) is 0 Å². The van der Waals surface area contributed by atoms with Crippen LogP contribution in [-0.4, -0.2) is 5.78 Å². The summed E-state index contributed by atoms with van der Waals surface area (Å²) in [7, 11) is 0. The van der Waals surface area contributed by atoms with Crippen LogP contribution in [-0.2, 0) is 0 Å². The highest BCUT2D eigenvalue weighted by atomic mass is 19.3. The van der Waals surface area contributed by atoms with E-state index < -0.39 is 30.0 Å². The average molecular weight is 400 g/mol. The molecule has 0 aliphatic carbocycles. The van der Waals surface area contributed by atoms with Gasteiger partial charge in [-0.2, -0.15) is 26.3 Å². The second-order valence-electron chi connectivity index (χ2n) is 5.06. The molecule has 0 unspecified atom stereocenters. The van der Waals surface area contributed by atoms with Gasteiger partial charge in [-0.3, -0.25) is 4.79 Å². The molecule has 0 aliphatic rings. The Morgan fingerprint density at radius 2 is 1.11 bits per heavy atom. The molecule has 0 aliphatic heterocycles. The highest BCUT2D eigenvalue weighted by Crippen LogP contribution is 2.21. The van der Waals surface area contributed by atoms with Crippen LogP contribution in [0.25, 0.3) is 6.08 Å². The van der Waals surface area contributed by atoms with Gasteiger partial charge < -0.3 is 9.47 Å². The van der Waals surface area contributed by atoms with Crippen LogP contribution >= 0.6 is 0 Å². The van der Waals surface area contributed by atoms with Gasteiger partial charge in [-0.1, -0.05) is 18.2 Å². The number of allylic oxidation sites excluding steroid dienone is 1. The Kier molecular flexibility index (Phi) is 7.02. The molecule has 0 heterocycles. The summed E-state index contributed by atoms with van der Waals surface area (Å²) in [5.41, 5.74) is 0.677. The van der Waals surface area contributed by atoms with E-state index in [4.69, 9.17) is 0 Å². The monoisotopic (exact) mass is 400 g/mol. The van der Waals surface area contributed by atoms with E-state index in [0.29, 0.717) is 5.56 Å². The predicted molar refractivity (Wildman–Crippen MR) is 88.2 cm³/mol. The first kappa shape index (κ1) is 20.8. The molecular weight excluding hydrogens is 390 g/mol. The van der Waals surface area contributed by atoms with Crippen LogP contribution in [0.5, 0.6) is 11.5 Å². The van der Waals surface area contributed by atoms with Gasteiger partial charge in [0.15, 0.2) is 5.78 Å². The van der Waals surface area contributed by atoms with E-state index in [1.165, 1.54) is 48.6 Å². The van der Waals surface area contributed by atoms with Crippen molar-refractivity contribution in [3.63, 3.8) is 0 Å². The number of benzene rings is 2. The molecule has 3 nitrogen and oxygen atoms in total. The van der Waals surface area contributed by atoms with Crippen LogP contribution in [0, 0.1) is 0 Å². The molecule has 2 aromatic carbocycles. The lowest BCUT2D eigenvalue weighted by molar-refractivity contribution is 0.104. The van der Waals surface area contributed by atoms with Crippen molar-refractivity contribution in [1.82, 2.24) is 0 Å². The third-order valence-corrected chi connectivity index (χ3v) is 3.16. The Morgan fingerprint density at radius 3 is 1.54 bits per heavy atom. The number of rotatable bonds is 7. The maximum absolute atomic E-state index is 12.7. The Hall–Kier alpha value is -3.49. The maximum atomic E-state index is 12.7. The summed E-state index contributed by atoms with van der Waals surface area (Å²) >= 11 is 0. The molecule has 0 atom stereocenters. The Labute approximate surface area is 154 Å². The Balaban J connectivity index is 2.01. The standard InChI is InChI=1S/C19H10F6O3/c20-16(21)18(24)27-13-6-1-11(2-7-13)3-10-15(26)12-4-8-14(9-5-12)28-19(25)17(22)23/h1-10H. The van der Waals surface area contributed by atoms with Crippen molar-refractivity contribution in [2.75, 3.05) is 0 Å². The molecule has 0 fully saturated rings. The summed E-state index contributed by atoms with van der Waals surface area (Å²) in [6, 6.07) is 6.01. The lowest BCUT2D eigenvalue weighted by atomic mass is 10.1. The molecule has 0 N–H and O–H groups in total. The van der Waals surface area contributed by atoms with Crippen molar-refractivity contribution >= 4 is 11.9 Å². The topological polar surface area (TPSA) is 35.5 Å². The van der Waals surface area contributed by atoms with Crippen LogP contribution in [0.4, 0.5) is 26.3 Å². The number of ether oxygens (including phenoxy) is 2. The van der Waals surface area contributed by atoms with E-state index >= 15 is 0 Å². The summed E-state index contributed by atoms with van der Waals surface area (Å²) in [6.07, 6.45) is -2.60. The summed E-state index contributed by atoms with van der Waals surface area (Å²) in [6.45, 7) is 0. The van der Waals surface area contributed by atoms with Crippen LogP contribution in [0.1, 0.15) is 15.9 Å². The van der Waals surface area contributed by atoms with Crippen LogP contribution in [0.15, 0.2) is 78.8 Å². The summed E-state index contributed by atoms with van der Waals surface area (Å²) in [5, 5.41) is 0. The van der Waals surface area contributed by atoms with Crippen LogP contribution in [0.3, 0.4) is 0 Å². The fourth-order valence-electron chi connectivity index (χ4n) is 1.89. The highest BCUT2D eigenvalue weighted by Gasteiger charge is 2.09. The SMILES string of the molecule is O=C(C=Cc1ccc(OC(F)=C(F)F)cc1)c1ccc(OC(F)=C(F)F)cc1. The lowest BCUT2D eigenvalue weighted by Gasteiger charge is -2.03. The normalized spacial score (nSPS) is 10.5. The molecule has 0 aromatic heterocycles. The molecule has 0 saturated carbocycles. The smallest absolute Gasteiger partial charge is 0.344 e. The largest absolute Gasteiger partial charge is 0.428 e. The first-order valence-electron chi connectivity index (χ1n) is 7.46. The second-order valence-corrected chi connectivity index (χ2v) is 5.06. The van der Waals surface area contributed by atoms with Gasteiger partial charge in [0.25, 0.3) is 0 Å². The highest BCUT2D eigenvalue weighted by molar-refractivity contribution is 6.06. The zero-order chi connectivity index (χ0) is 20.7. The molecule has 2 aromatic rings. The third kappa shape index (κ3) is 6.04. The average Bonchev–Trinajstić information content (AvgIpc) is 2.67. The number of hydrogen-bond acceptors (Lipinski definition) is 3. The van der Waals surface area contributed by atoms with Gasteiger partial charge in [0.2, 0.25) is 0 Å². The minimum Gasteiger partial charge on any atom is -0.428 e. The number of ketones is 1. The predicted octanol–water partition coefficient (Wildman–Crippen LogP) is 6.41. The van der Waals surface area contributed by atoms with Crippen LogP contribution < -0.4 is 9.47 Å².